The summed E-state index contributed by atoms with van der Waals surface area (Å²) in [4.78, 5) is 8.02. The zero-order valence-electron chi connectivity index (χ0n) is 13.2. The maximum atomic E-state index is 2.57. The van der Waals surface area contributed by atoms with Crippen molar-refractivity contribution in [1.29, 1.82) is 0 Å². The minimum atomic E-state index is 1.11. The summed E-state index contributed by atoms with van der Waals surface area (Å²) in [5, 5.41) is 0. The highest BCUT2D eigenvalue weighted by Gasteiger charge is 2.18. The van der Waals surface area contributed by atoms with Crippen LogP contribution in [0.25, 0.3) is 0 Å². The molecule has 0 amide bonds. The topological polar surface area (TPSA) is 6.48 Å². The van der Waals surface area contributed by atoms with E-state index >= 15 is 0 Å². The van der Waals surface area contributed by atoms with E-state index in [1.54, 1.807) is 0 Å². The molecule has 1 aromatic carbocycles. The van der Waals surface area contributed by atoms with Crippen LogP contribution in [0.3, 0.4) is 0 Å². The SMILES string of the molecule is Cc1ccc(N2CCN(Cc3ccc(C)s3)CC2)c(C)c1. The minimum absolute atomic E-state index is 1.11. The lowest BCUT2D eigenvalue weighted by molar-refractivity contribution is 0.252. The molecule has 112 valence electrons. The molecule has 1 aromatic heterocycles. The second-order valence-corrected chi connectivity index (χ2v) is 7.44. The van der Waals surface area contributed by atoms with Crippen molar-refractivity contribution in [2.75, 3.05) is 31.1 Å². The summed E-state index contributed by atoms with van der Waals surface area (Å²) in [7, 11) is 0. The quantitative estimate of drug-likeness (QED) is 0.845. The van der Waals surface area contributed by atoms with Gasteiger partial charge in [0.15, 0.2) is 0 Å². The Bertz CT molecular complexity index is 609. The second kappa shape index (κ2) is 6.20. The Morgan fingerprint density at radius 1 is 0.952 bits per heavy atom. The van der Waals surface area contributed by atoms with E-state index in [4.69, 9.17) is 0 Å². The molecule has 0 spiro atoms. The first-order chi connectivity index (χ1) is 10.1. The van der Waals surface area contributed by atoms with Gasteiger partial charge in [-0.25, -0.2) is 0 Å². The summed E-state index contributed by atoms with van der Waals surface area (Å²) < 4.78 is 0. The molecular weight excluding hydrogens is 276 g/mol. The van der Waals surface area contributed by atoms with Crippen molar-refractivity contribution >= 4 is 17.0 Å². The Kier molecular flexibility index (Phi) is 4.32. The average molecular weight is 300 g/mol. The standard InChI is InChI=1S/C18H24N2S/c1-14-4-7-18(15(2)12-14)20-10-8-19(9-11-20)13-17-6-5-16(3)21-17/h4-7,12H,8-11,13H2,1-3H3. The van der Waals surface area contributed by atoms with Crippen LogP contribution in [0, 0.1) is 20.8 Å². The van der Waals surface area contributed by atoms with E-state index in [1.165, 1.54) is 26.6 Å². The highest BCUT2D eigenvalue weighted by molar-refractivity contribution is 7.11. The van der Waals surface area contributed by atoms with Gasteiger partial charge in [-0.15, -0.1) is 11.3 Å². The third kappa shape index (κ3) is 3.47. The molecule has 1 aliphatic heterocycles. The summed E-state index contributed by atoms with van der Waals surface area (Å²) in [5.41, 5.74) is 4.16. The van der Waals surface area contributed by atoms with Crippen molar-refractivity contribution < 1.29 is 0 Å². The third-order valence-corrected chi connectivity index (χ3v) is 5.23. The lowest BCUT2D eigenvalue weighted by Crippen LogP contribution is -2.46. The Balaban J connectivity index is 1.59. The first-order valence-corrected chi connectivity index (χ1v) is 8.53. The van der Waals surface area contributed by atoms with Gasteiger partial charge < -0.3 is 4.90 Å². The second-order valence-electron chi connectivity index (χ2n) is 6.07. The van der Waals surface area contributed by atoms with Crippen LogP contribution in [0.5, 0.6) is 0 Å². The highest BCUT2D eigenvalue weighted by atomic mass is 32.1. The number of nitrogens with zero attached hydrogens (tertiary/aromatic N) is 2. The lowest BCUT2D eigenvalue weighted by Gasteiger charge is -2.36. The monoisotopic (exact) mass is 300 g/mol. The van der Waals surface area contributed by atoms with Gasteiger partial charge in [0.2, 0.25) is 0 Å². The first kappa shape index (κ1) is 14.6. The molecule has 2 aromatic rings. The highest BCUT2D eigenvalue weighted by Crippen LogP contribution is 2.23. The summed E-state index contributed by atoms with van der Waals surface area (Å²) in [6, 6.07) is 11.3. The minimum Gasteiger partial charge on any atom is -0.369 e. The van der Waals surface area contributed by atoms with Crippen molar-refractivity contribution in [3.63, 3.8) is 0 Å². The van der Waals surface area contributed by atoms with Gasteiger partial charge in [0, 0.05) is 48.2 Å². The summed E-state index contributed by atoms with van der Waals surface area (Å²) in [6.45, 7) is 12.3. The summed E-state index contributed by atoms with van der Waals surface area (Å²) >= 11 is 1.93. The van der Waals surface area contributed by atoms with Gasteiger partial charge in [-0.05, 0) is 44.5 Å². The third-order valence-electron chi connectivity index (χ3n) is 4.24. The van der Waals surface area contributed by atoms with Gasteiger partial charge in [-0.1, -0.05) is 17.7 Å². The molecule has 0 saturated carbocycles. The Morgan fingerprint density at radius 3 is 2.33 bits per heavy atom. The van der Waals surface area contributed by atoms with Crippen molar-refractivity contribution in [3.05, 3.63) is 51.2 Å². The fraction of sp³-hybridized carbons (Fsp3) is 0.444. The van der Waals surface area contributed by atoms with Crippen LogP contribution < -0.4 is 4.90 Å². The van der Waals surface area contributed by atoms with Crippen LogP contribution in [0.4, 0.5) is 5.69 Å². The largest absolute Gasteiger partial charge is 0.369 e. The first-order valence-electron chi connectivity index (χ1n) is 7.72. The van der Waals surface area contributed by atoms with Crippen molar-refractivity contribution in [2.24, 2.45) is 0 Å². The number of aryl methyl sites for hydroxylation is 3. The molecule has 2 nitrogen and oxygen atoms in total. The zero-order valence-corrected chi connectivity index (χ0v) is 14.0. The van der Waals surface area contributed by atoms with E-state index < -0.39 is 0 Å². The van der Waals surface area contributed by atoms with Crippen LogP contribution in [-0.4, -0.2) is 31.1 Å². The predicted octanol–water partition coefficient (Wildman–Crippen LogP) is 4.00. The van der Waals surface area contributed by atoms with E-state index in [9.17, 15) is 0 Å². The van der Waals surface area contributed by atoms with Gasteiger partial charge in [0.1, 0.15) is 0 Å². The number of hydrogen-bond donors (Lipinski definition) is 0. The number of hydrogen-bond acceptors (Lipinski definition) is 3. The molecule has 0 unspecified atom stereocenters. The Labute approximate surface area is 132 Å². The van der Waals surface area contributed by atoms with Gasteiger partial charge in [-0.3, -0.25) is 4.90 Å². The number of benzene rings is 1. The maximum Gasteiger partial charge on any atom is 0.0396 e. The molecule has 0 bridgehead atoms. The lowest BCUT2D eigenvalue weighted by atomic mass is 10.1. The molecule has 0 N–H and O–H groups in total. The molecule has 1 saturated heterocycles. The molecule has 3 heteroatoms. The van der Waals surface area contributed by atoms with Crippen LogP contribution in [0.2, 0.25) is 0 Å². The van der Waals surface area contributed by atoms with Gasteiger partial charge in [0.05, 0.1) is 0 Å². The van der Waals surface area contributed by atoms with Crippen LogP contribution in [0.15, 0.2) is 30.3 Å². The molecule has 1 fully saturated rings. The molecule has 1 aliphatic rings. The maximum absolute atomic E-state index is 2.57. The molecule has 0 aliphatic carbocycles. The molecule has 0 radical (unpaired) electrons. The number of piperazine rings is 1. The van der Waals surface area contributed by atoms with E-state index in [-0.39, 0.29) is 0 Å². The number of anilines is 1. The number of rotatable bonds is 3. The normalized spacial score (nSPS) is 16.4. The number of thiophene rings is 1. The Morgan fingerprint density at radius 2 is 1.71 bits per heavy atom. The summed E-state index contributed by atoms with van der Waals surface area (Å²) in [5.74, 6) is 0. The average Bonchev–Trinajstić information content (AvgIpc) is 2.85. The van der Waals surface area contributed by atoms with E-state index in [1.807, 2.05) is 11.3 Å². The van der Waals surface area contributed by atoms with E-state index in [2.05, 4.69) is 60.9 Å². The van der Waals surface area contributed by atoms with Crippen molar-refractivity contribution in [3.8, 4) is 0 Å². The van der Waals surface area contributed by atoms with Gasteiger partial charge >= 0.3 is 0 Å². The molecule has 2 heterocycles. The van der Waals surface area contributed by atoms with Gasteiger partial charge in [-0.2, -0.15) is 0 Å². The van der Waals surface area contributed by atoms with Gasteiger partial charge in [0.25, 0.3) is 0 Å². The fourth-order valence-electron chi connectivity index (χ4n) is 3.10. The van der Waals surface area contributed by atoms with E-state index in [0.29, 0.717) is 0 Å². The van der Waals surface area contributed by atoms with Crippen molar-refractivity contribution in [2.45, 2.75) is 27.3 Å². The Hall–Kier alpha value is -1.32. The molecule has 21 heavy (non-hydrogen) atoms. The predicted molar refractivity (Wildman–Crippen MR) is 92.5 cm³/mol. The smallest absolute Gasteiger partial charge is 0.0396 e. The van der Waals surface area contributed by atoms with Crippen LogP contribution >= 0.6 is 11.3 Å². The summed E-state index contributed by atoms with van der Waals surface area (Å²) in [6.07, 6.45) is 0. The molecular formula is C18H24N2S. The van der Waals surface area contributed by atoms with Crippen LogP contribution in [-0.2, 0) is 6.54 Å². The molecule has 0 atom stereocenters. The van der Waals surface area contributed by atoms with Crippen molar-refractivity contribution in [1.82, 2.24) is 4.90 Å². The zero-order chi connectivity index (χ0) is 14.8. The van der Waals surface area contributed by atoms with Crippen LogP contribution in [0.1, 0.15) is 20.9 Å². The van der Waals surface area contributed by atoms with E-state index in [0.717, 1.165) is 32.7 Å². The fourth-order valence-corrected chi connectivity index (χ4v) is 4.03. The molecule has 3 rings (SSSR count).